The Labute approximate surface area is 140 Å². The molecule has 1 rings (SSSR count). The lowest BCUT2D eigenvalue weighted by molar-refractivity contribution is -0.142. The zero-order valence-electron chi connectivity index (χ0n) is 13.4. The van der Waals surface area contributed by atoms with Crippen LogP contribution >= 0.6 is 0 Å². The van der Waals surface area contributed by atoms with Crippen LogP contribution < -0.4 is 4.74 Å². The van der Waals surface area contributed by atoms with Crippen LogP contribution in [0.5, 0.6) is 5.75 Å². The highest BCUT2D eigenvalue weighted by Gasteiger charge is 2.28. The first kappa shape index (κ1) is 20.6. The van der Waals surface area contributed by atoms with Crippen LogP contribution in [0.4, 0.5) is 22.0 Å². The van der Waals surface area contributed by atoms with Gasteiger partial charge in [-0.05, 0) is 26.3 Å². The van der Waals surface area contributed by atoms with Gasteiger partial charge in [-0.3, -0.25) is 9.59 Å². The molecule has 9 heteroatoms. The number of halogens is 5. The van der Waals surface area contributed by atoms with Gasteiger partial charge in [0.1, 0.15) is 6.61 Å². The Morgan fingerprint density at radius 3 is 1.84 bits per heavy atom. The summed E-state index contributed by atoms with van der Waals surface area (Å²) in [6, 6.07) is 0. The summed E-state index contributed by atoms with van der Waals surface area (Å²) in [7, 11) is 0. The average molecular weight is 366 g/mol. The number of hydrogen-bond donors (Lipinski definition) is 0. The Balaban J connectivity index is 2.56. The third kappa shape index (κ3) is 5.84. The fourth-order valence-electron chi connectivity index (χ4n) is 1.59. The van der Waals surface area contributed by atoms with Crippen molar-refractivity contribution in [1.29, 1.82) is 0 Å². The minimum Gasteiger partial charge on any atom is -0.461 e. The quantitative estimate of drug-likeness (QED) is 0.183. The smallest absolute Gasteiger partial charge is 0.311 e. The van der Waals surface area contributed by atoms with Crippen LogP contribution in [0.1, 0.15) is 33.1 Å². The highest BCUT2D eigenvalue weighted by Crippen LogP contribution is 2.29. The Morgan fingerprint density at radius 2 is 1.32 bits per heavy atom. The van der Waals surface area contributed by atoms with E-state index in [4.69, 9.17) is 4.74 Å². The Kier molecular flexibility index (Phi) is 7.53. The summed E-state index contributed by atoms with van der Waals surface area (Å²) in [5.74, 6) is -14.8. The average Bonchev–Trinajstić information content (AvgIpc) is 2.55. The number of esters is 2. The van der Waals surface area contributed by atoms with Crippen molar-refractivity contribution in [1.82, 2.24) is 0 Å². The molecular weight excluding hydrogens is 351 g/mol. The maximum atomic E-state index is 13.3. The lowest BCUT2D eigenvalue weighted by Crippen LogP contribution is -2.14. The Morgan fingerprint density at radius 1 is 0.840 bits per heavy atom. The molecule has 0 unspecified atom stereocenters. The molecule has 0 fully saturated rings. The summed E-state index contributed by atoms with van der Waals surface area (Å²) in [6.45, 7) is 3.68. The molecule has 0 aliphatic heterocycles. The maximum absolute atomic E-state index is 13.3. The number of allylic oxidation sites excluding steroid dienone is 1. The number of ether oxygens (including phenoxy) is 2. The summed E-state index contributed by atoms with van der Waals surface area (Å²) in [6.07, 6.45) is 0.928. The molecule has 0 heterocycles. The van der Waals surface area contributed by atoms with Gasteiger partial charge in [0.25, 0.3) is 0 Å². The number of rotatable bonds is 7. The van der Waals surface area contributed by atoms with Gasteiger partial charge < -0.3 is 9.47 Å². The first-order valence-corrected chi connectivity index (χ1v) is 7.16. The second-order valence-electron chi connectivity index (χ2n) is 5.19. The number of carbonyl (C=O) groups excluding carboxylic acids is 2. The van der Waals surface area contributed by atoms with E-state index in [2.05, 4.69) is 4.74 Å². The normalized spacial score (nSPS) is 10.4. The summed E-state index contributed by atoms with van der Waals surface area (Å²) >= 11 is 0. The van der Waals surface area contributed by atoms with E-state index in [0.717, 1.165) is 5.57 Å². The molecule has 0 N–H and O–H groups in total. The van der Waals surface area contributed by atoms with E-state index in [1.54, 1.807) is 6.08 Å². The number of carbonyl (C=O) groups is 2. The summed E-state index contributed by atoms with van der Waals surface area (Å²) in [5.41, 5.74) is 0.944. The zero-order valence-corrected chi connectivity index (χ0v) is 13.4. The molecule has 0 spiro atoms. The van der Waals surface area contributed by atoms with Crippen molar-refractivity contribution in [3.8, 4) is 5.75 Å². The lowest BCUT2D eigenvalue weighted by atomic mass is 10.2. The second kappa shape index (κ2) is 9.14. The SMILES string of the molecule is CC(C)=CCOC(=O)CCCC(=O)Oc1c(F)c(F)c(F)c(F)c1F. The fourth-order valence-corrected chi connectivity index (χ4v) is 1.59. The molecular formula is C16H15F5O4. The summed E-state index contributed by atoms with van der Waals surface area (Å²) in [4.78, 5) is 22.8. The fraction of sp³-hybridized carbons (Fsp3) is 0.375. The van der Waals surface area contributed by atoms with Crippen LogP contribution in [0, 0.1) is 29.1 Å². The minimum absolute atomic E-state index is 0.0656. The van der Waals surface area contributed by atoms with E-state index in [1.807, 2.05) is 13.8 Å². The van der Waals surface area contributed by atoms with E-state index in [9.17, 15) is 31.5 Å². The number of hydrogen-bond acceptors (Lipinski definition) is 4. The van der Waals surface area contributed by atoms with Gasteiger partial charge in [0.15, 0.2) is 0 Å². The van der Waals surface area contributed by atoms with Gasteiger partial charge in [0, 0.05) is 12.8 Å². The van der Waals surface area contributed by atoms with Crippen molar-refractivity contribution in [3.05, 3.63) is 40.7 Å². The van der Waals surface area contributed by atoms with Crippen molar-refractivity contribution in [2.75, 3.05) is 6.61 Å². The minimum atomic E-state index is -2.35. The van der Waals surface area contributed by atoms with Gasteiger partial charge in [-0.2, -0.15) is 8.78 Å². The van der Waals surface area contributed by atoms with Crippen LogP contribution in [0.25, 0.3) is 0 Å². The molecule has 1 aromatic rings. The van der Waals surface area contributed by atoms with Crippen molar-refractivity contribution in [3.63, 3.8) is 0 Å². The molecule has 0 atom stereocenters. The lowest BCUT2D eigenvalue weighted by Gasteiger charge is -2.08. The van der Waals surface area contributed by atoms with E-state index in [0.29, 0.717) is 0 Å². The molecule has 0 aliphatic rings. The van der Waals surface area contributed by atoms with Crippen molar-refractivity contribution < 1.29 is 41.0 Å². The highest BCUT2D eigenvalue weighted by atomic mass is 19.2. The van der Waals surface area contributed by atoms with Gasteiger partial charge in [0.2, 0.25) is 34.8 Å². The van der Waals surface area contributed by atoms with Crippen LogP contribution in [-0.4, -0.2) is 18.5 Å². The molecule has 0 radical (unpaired) electrons. The molecule has 0 aliphatic carbocycles. The molecule has 0 amide bonds. The van der Waals surface area contributed by atoms with E-state index >= 15 is 0 Å². The maximum Gasteiger partial charge on any atom is 0.311 e. The van der Waals surface area contributed by atoms with Crippen LogP contribution in [0.2, 0.25) is 0 Å². The highest BCUT2D eigenvalue weighted by molar-refractivity contribution is 5.74. The molecule has 0 saturated carbocycles. The van der Waals surface area contributed by atoms with Gasteiger partial charge in [0.05, 0.1) is 0 Å². The van der Waals surface area contributed by atoms with E-state index < -0.39 is 53.2 Å². The summed E-state index contributed by atoms with van der Waals surface area (Å²) in [5, 5.41) is 0. The first-order valence-electron chi connectivity index (χ1n) is 7.16. The molecule has 4 nitrogen and oxygen atoms in total. The largest absolute Gasteiger partial charge is 0.461 e. The standard InChI is InChI=1S/C16H15F5O4/c1-8(2)6-7-24-9(22)4-3-5-10(23)25-16-14(20)12(18)11(17)13(19)15(16)21/h6H,3-5,7H2,1-2H3. The molecule has 1 aromatic carbocycles. The molecule has 0 bridgehead atoms. The number of benzene rings is 1. The third-order valence-corrected chi connectivity index (χ3v) is 2.88. The van der Waals surface area contributed by atoms with Gasteiger partial charge in [-0.1, -0.05) is 5.57 Å². The van der Waals surface area contributed by atoms with E-state index in [-0.39, 0.29) is 19.4 Å². The van der Waals surface area contributed by atoms with Gasteiger partial charge in [-0.25, -0.2) is 13.2 Å². The zero-order chi connectivity index (χ0) is 19.1. The van der Waals surface area contributed by atoms with Gasteiger partial charge in [-0.15, -0.1) is 0 Å². The second-order valence-corrected chi connectivity index (χ2v) is 5.19. The monoisotopic (exact) mass is 366 g/mol. The predicted octanol–water partition coefficient (Wildman–Crippen LogP) is 3.97. The van der Waals surface area contributed by atoms with Crippen molar-refractivity contribution in [2.24, 2.45) is 0 Å². The van der Waals surface area contributed by atoms with Crippen molar-refractivity contribution in [2.45, 2.75) is 33.1 Å². The topological polar surface area (TPSA) is 52.6 Å². The Hall–Kier alpha value is -2.45. The first-order chi connectivity index (χ1) is 11.6. The van der Waals surface area contributed by atoms with E-state index in [1.165, 1.54) is 0 Å². The van der Waals surface area contributed by atoms with Crippen LogP contribution in [-0.2, 0) is 14.3 Å². The molecule has 0 aromatic heterocycles. The van der Waals surface area contributed by atoms with Crippen LogP contribution in [0.15, 0.2) is 11.6 Å². The van der Waals surface area contributed by atoms with Crippen LogP contribution in [0.3, 0.4) is 0 Å². The summed E-state index contributed by atoms with van der Waals surface area (Å²) < 4.78 is 74.5. The molecule has 25 heavy (non-hydrogen) atoms. The van der Waals surface area contributed by atoms with Crippen molar-refractivity contribution >= 4 is 11.9 Å². The molecule has 138 valence electrons. The van der Waals surface area contributed by atoms with Gasteiger partial charge >= 0.3 is 11.9 Å². The predicted molar refractivity (Wildman–Crippen MR) is 76.1 cm³/mol. The molecule has 0 saturated heterocycles. The third-order valence-electron chi connectivity index (χ3n) is 2.88. The Bertz CT molecular complexity index is 667.